The molecule has 1 amide bonds. The highest BCUT2D eigenvalue weighted by Crippen LogP contribution is 2.31. The van der Waals surface area contributed by atoms with Crippen LogP contribution in [0.15, 0.2) is 60.7 Å². The van der Waals surface area contributed by atoms with Crippen LogP contribution >= 0.6 is 0 Å². The molecule has 0 bridgehead atoms. The largest absolute Gasteiger partial charge is 0.493 e. The first-order valence-corrected chi connectivity index (χ1v) is 18.5. The molecule has 0 saturated heterocycles. The summed E-state index contributed by atoms with van der Waals surface area (Å²) in [5.74, 6) is -2.04. The zero-order chi connectivity index (χ0) is 40.1. The third-order valence-corrected chi connectivity index (χ3v) is 8.95. The van der Waals surface area contributed by atoms with Gasteiger partial charge in [0.05, 0.1) is 24.9 Å². The van der Waals surface area contributed by atoms with Crippen molar-refractivity contribution in [2.45, 2.75) is 115 Å². The molecular weight excluding hydrogens is 709 g/mol. The average Bonchev–Trinajstić information content (AvgIpc) is 3.16. The Morgan fingerprint density at radius 2 is 1.31 bits per heavy atom. The van der Waals surface area contributed by atoms with Crippen molar-refractivity contribution in [2.24, 2.45) is 0 Å². The number of carboxylic acid groups (broad SMARTS) is 1. The van der Waals surface area contributed by atoms with Crippen molar-refractivity contribution in [1.82, 2.24) is 10.2 Å². The summed E-state index contributed by atoms with van der Waals surface area (Å²) in [7, 11) is 1.57. The SMILES string of the molecule is CCCCCCCCCCCCOc1ccc(CN(Cc2ccc(C(F)(F)F)cc2)C(=O)C(=O)O)c2ccccc12.CNC[C@H](O)[C@@H](O)[C@H](O)[C@H](O)CO. The number of carbonyl (C=O) groups excluding carboxylic acids is 1. The Hall–Kier alpha value is -3.79. The van der Waals surface area contributed by atoms with E-state index < -0.39 is 54.6 Å². The molecule has 14 heteroatoms. The van der Waals surface area contributed by atoms with Gasteiger partial charge < -0.3 is 45.6 Å². The molecule has 11 nitrogen and oxygen atoms in total. The fraction of sp³-hybridized carbons (Fsp3) is 0.550. The number of rotatable bonds is 22. The van der Waals surface area contributed by atoms with Crippen LogP contribution in [-0.4, -0.2) is 98.6 Å². The lowest BCUT2D eigenvalue weighted by Gasteiger charge is -2.25. The molecule has 7 N–H and O–H groups in total. The first-order chi connectivity index (χ1) is 25.7. The fourth-order valence-electron chi connectivity index (χ4n) is 5.82. The Morgan fingerprint density at radius 3 is 1.85 bits per heavy atom. The number of aliphatic hydroxyl groups excluding tert-OH is 5. The molecule has 0 aliphatic rings. The van der Waals surface area contributed by atoms with E-state index in [4.69, 9.17) is 25.2 Å². The molecule has 0 heterocycles. The summed E-state index contributed by atoms with van der Waals surface area (Å²) in [6.07, 6.45) is 2.26. The van der Waals surface area contributed by atoms with Gasteiger partial charge in [-0.1, -0.05) is 107 Å². The molecule has 4 atom stereocenters. The lowest BCUT2D eigenvalue weighted by atomic mass is 10.0. The van der Waals surface area contributed by atoms with Crippen LogP contribution in [0.2, 0.25) is 0 Å². The molecule has 3 rings (SSSR count). The van der Waals surface area contributed by atoms with E-state index in [0.717, 1.165) is 46.4 Å². The number of carbonyl (C=O) groups is 2. The number of unbranched alkanes of at least 4 members (excludes halogenated alkanes) is 9. The van der Waals surface area contributed by atoms with E-state index in [1.165, 1.54) is 63.5 Å². The van der Waals surface area contributed by atoms with Gasteiger partial charge in [-0.3, -0.25) is 4.79 Å². The van der Waals surface area contributed by atoms with Gasteiger partial charge in [0.25, 0.3) is 0 Å². The Kier molecular flexibility index (Phi) is 21.1. The molecule has 0 aromatic heterocycles. The number of benzene rings is 3. The van der Waals surface area contributed by atoms with Gasteiger partial charge in [0.2, 0.25) is 0 Å². The minimum Gasteiger partial charge on any atom is -0.493 e. The highest BCUT2D eigenvalue weighted by molar-refractivity contribution is 6.31. The maximum atomic E-state index is 12.9. The summed E-state index contributed by atoms with van der Waals surface area (Å²) in [6.45, 7) is 2.09. The predicted molar refractivity (Wildman–Crippen MR) is 200 cm³/mol. The number of ether oxygens (including phenoxy) is 1. The molecule has 0 saturated carbocycles. The molecule has 0 fully saturated rings. The number of aliphatic carboxylic acids is 1. The quantitative estimate of drug-likeness (QED) is 0.0516. The zero-order valence-electron chi connectivity index (χ0n) is 31.2. The van der Waals surface area contributed by atoms with Crippen LogP contribution in [0.5, 0.6) is 5.75 Å². The zero-order valence-corrected chi connectivity index (χ0v) is 31.2. The summed E-state index contributed by atoms with van der Waals surface area (Å²) in [5, 5.41) is 58.5. The van der Waals surface area contributed by atoms with Crippen LogP contribution < -0.4 is 10.1 Å². The normalized spacial score (nSPS) is 13.7. The van der Waals surface area contributed by atoms with Gasteiger partial charge in [-0.15, -0.1) is 0 Å². The molecule has 302 valence electrons. The van der Waals surface area contributed by atoms with Gasteiger partial charge >= 0.3 is 18.1 Å². The minimum atomic E-state index is -4.48. The van der Waals surface area contributed by atoms with Crippen LogP contribution in [0.25, 0.3) is 10.8 Å². The molecule has 0 unspecified atom stereocenters. The maximum Gasteiger partial charge on any atom is 0.416 e. The molecule has 0 radical (unpaired) electrons. The van der Waals surface area contributed by atoms with Crippen molar-refractivity contribution in [3.63, 3.8) is 0 Å². The Bertz CT molecular complexity index is 1520. The third-order valence-electron chi connectivity index (χ3n) is 8.95. The fourth-order valence-corrected chi connectivity index (χ4v) is 5.82. The van der Waals surface area contributed by atoms with Crippen LogP contribution in [0.4, 0.5) is 13.2 Å². The van der Waals surface area contributed by atoms with Crippen molar-refractivity contribution in [3.05, 3.63) is 77.4 Å². The second-order valence-electron chi connectivity index (χ2n) is 13.3. The number of amides is 1. The molecule has 0 spiro atoms. The number of hydrogen-bond donors (Lipinski definition) is 7. The predicted octanol–water partition coefficient (Wildman–Crippen LogP) is 5.41. The number of nitrogens with zero attached hydrogens (tertiary/aromatic N) is 1. The second kappa shape index (κ2) is 24.6. The van der Waals surface area contributed by atoms with Gasteiger partial charge in [0.15, 0.2) is 0 Å². The molecular formula is C40H57F3N2O9. The smallest absolute Gasteiger partial charge is 0.416 e. The van der Waals surface area contributed by atoms with Gasteiger partial charge in [-0.2, -0.15) is 13.2 Å². The number of hydrogen-bond acceptors (Lipinski definition) is 9. The summed E-state index contributed by atoms with van der Waals surface area (Å²) in [4.78, 5) is 25.2. The van der Waals surface area contributed by atoms with E-state index in [0.29, 0.717) is 17.7 Å². The topological polar surface area (TPSA) is 180 Å². The number of nitrogens with one attached hydrogen (secondary N) is 1. The summed E-state index contributed by atoms with van der Waals surface area (Å²) in [6, 6.07) is 15.6. The van der Waals surface area contributed by atoms with Crippen LogP contribution in [0, 0.1) is 0 Å². The van der Waals surface area contributed by atoms with Gasteiger partial charge in [0.1, 0.15) is 24.1 Å². The summed E-state index contributed by atoms with van der Waals surface area (Å²) in [5.41, 5.74) is 0.304. The molecule has 0 aliphatic heterocycles. The number of fused-ring (bicyclic) bond motifs is 1. The average molecular weight is 767 g/mol. The van der Waals surface area contributed by atoms with E-state index in [1.807, 2.05) is 36.4 Å². The van der Waals surface area contributed by atoms with Crippen molar-refractivity contribution in [1.29, 1.82) is 0 Å². The van der Waals surface area contributed by atoms with E-state index in [9.17, 15) is 33.0 Å². The van der Waals surface area contributed by atoms with E-state index in [-0.39, 0.29) is 19.6 Å². The first-order valence-electron chi connectivity index (χ1n) is 18.5. The number of carboxylic acids is 1. The number of aliphatic hydroxyl groups is 5. The Labute approximate surface area is 315 Å². The number of alkyl halides is 3. The van der Waals surface area contributed by atoms with E-state index in [1.54, 1.807) is 7.05 Å². The van der Waals surface area contributed by atoms with Crippen LogP contribution in [0.3, 0.4) is 0 Å². The van der Waals surface area contributed by atoms with Gasteiger partial charge in [-0.05, 0) is 48.2 Å². The van der Waals surface area contributed by atoms with Gasteiger partial charge in [-0.25, -0.2) is 4.79 Å². The van der Waals surface area contributed by atoms with E-state index in [2.05, 4.69) is 12.2 Å². The van der Waals surface area contributed by atoms with Crippen LogP contribution in [-0.2, 0) is 28.9 Å². The molecule has 3 aromatic carbocycles. The first kappa shape index (κ1) is 46.4. The molecule has 0 aliphatic carbocycles. The monoisotopic (exact) mass is 766 g/mol. The Balaban J connectivity index is 0.000000660. The van der Waals surface area contributed by atoms with Crippen molar-refractivity contribution in [3.8, 4) is 5.75 Å². The number of halogens is 3. The number of likely N-dealkylation sites (N-methyl/N-ethyl adjacent to an activating group) is 1. The second-order valence-corrected chi connectivity index (χ2v) is 13.3. The summed E-state index contributed by atoms with van der Waals surface area (Å²) < 4.78 is 44.9. The van der Waals surface area contributed by atoms with Crippen molar-refractivity contribution < 1.29 is 58.1 Å². The minimum absolute atomic E-state index is 0.0224. The third kappa shape index (κ3) is 15.9. The molecule has 54 heavy (non-hydrogen) atoms. The lowest BCUT2D eigenvalue weighted by molar-refractivity contribution is -0.156. The highest BCUT2D eigenvalue weighted by Gasteiger charge is 2.31. The summed E-state index contributed by atoms with van der Waals surface area (Å²) >= 11 is 0. The maximum absolute atomic E-state index is 12.9. The highest BCUT2D eigenvalue weighted by atomic mass is 19.4. The Morgan fingerprint density at radius 1 is 0.759 bits per heavy atom. The van der Waals surface area contributed by atoms with Crippen molar-refractivity contribution >= 4 is 22.6 Å². The van der Waals surface area contributed by atoms with Gasteiger partial charge in [0, 0.05) is 25.0 Å². The van der Waals surface area contributed by atoms with E-state index >= 15 is 0 Å². The van der Waals surface area contributed by atoms with Crippen molar-refractivity contribution in [2.75, 3.05) is 26.8 Å². The molecule has 3 aromatic rings. The standard InChI is InChI=1S/C33H40F3NO4.C7H17NO5/c1-2-3-4-5-6-7-8-9-10-13-22-41-30-21-18-26(28-14-11-12-15-29(28)30)24-37(31(38)32(39)40)23-25-16-19-27(20-17-25)33(34,35)36;1-8-2-4(10)6(12)7(13)5(11)3-9/h11-12,14-21H,2-10,13,22-24H2,1H3,(H,39,40);4-13H,2-3H2,1H3/t;4-,5+,6+,7+/m.0/s1. The lowest BCUT2D eigenvalue weighted by Crippen LogP contribution is -2.48. The van der Waals surface area contributed by atoms with Crippen LogP contribution in [0.1, 0.15) is 87.8 Å².